The zero-order valence-electron chi connectivity index (χ0n) is 17.7. The Hall–Kier alpha value is -3.36. The summed E-state index contributed by atoms with van der Waals surface area (Å²) in [5, 5.41) is 2.65. The second-order valence-electron chi connectivity index (χ2n) is 9.08. The van der Waals surface area contributed by atoms with E-state index < -0.39 is 0 Å². The maximum atomic E-state index is 5.52. The predicted octanol–water partition coefficient (Wildman–Crippen LogP) is 7.17. The van der Waals surface area contributed by atoms with E-state index in [9.17, 15) is 0 Å². The van der Waals surface area contributed by atoms with E-state index in [1.54, 1.807) is 0 Å². The number of fused-ring (bicyclic) bond motifs is 3. The van der Waals surface area contributed by atoms with E-state index in [-0.39, 0.29) is 5.41 Å². The molecule has 0 unspecified atom stereocenters. The van der Waals surface area contributed by atoms with Crippen molar-refractivity contribution in [2.75, 3.05) is 13.2 Å². The predicted molar refractivity (Wildman–Crippen MR) is 129 cm³/mol. The van der Waals surface area contributed by atoms with Gasteiger partial charge in [0.15, 0.2) is 0 Å². The molecule has 152 valence electrons. The Morgan fingerprint density at radius 3 is 1.94 bits per heavy atom. The first kappa shape index (κ1) is 18.4. The second kappa shape index (κ2) is 7.11. The van der Waals surface area contributed by atoms with Crippen LogP contribution in [0.1, 0.15) is 6.92 Å². The number of ether oxygens (including phenoxy) is 1. The van der Waals surface area contributed by atoms with Gasteiger partial charge in [0.1, 0.15) is 0 Å². The van der Waals surface area contributed by atoms with Crippen molar-refractivity contribution in [1.82, 2.24) is 4.57 Å². The highest BCUT2D eigenvalue weighted by atomic mass is 16.5. The van der Waals surface area contributed by atoms with Crippen LogP contribution in [0.5, 0.6) is 0 Å². The zero-order valence-corrected chi connectivity index (χ0v) is 17.7. The molecule has 1 aromatic heterocycles. The largest absolute Gasteiger partial charge is 0.380 e. The van der Waals surface area contributed by atoms with Crippen LogP contribution in [0.2, 0.25) is 0 Å². The molecule has 2 heterocycles. The lowest BCUT2D eigenvalue weighted by molar-refractivity contribution is -0.109. The summed E-state index contributed by atoms with van der Waals surface area (Å²) in [5.74, 6) is 0. The highest BCUT2D eigenvalue weighted by Crippen LogP contribution is 2.37. The lowest BCUT2D eigenvalue weighted by Gasteiger charge is -2.38. The SMILES string of the molecule is CC1(Cn2c3ccccc3c3cc(-c4ccc(-c5ccccc5)cc4)ccc32)COC1. The van der Waals surface area contributed by atoms with Crippen LogP contribution in [0.3, 0.4) is 0 Å². The van der Waals surface area contributed by atoms with Gasteiger partial charge >= 0.3 is 0 Å². The molecule has 1 aliphatic heterocycles. The van der Waals surface area contributed by atoms with Gasteiger partial charge in [0, 0.05) is 33.8 Å². The molecule has 4 aromatic carbocycles. The molecule has 0 N–H and O–H groups in total. The summed E-state index contributed by atoms with van der Waals surface area (Å²) in [4.78, 5) is 0. The van der Waals surface area contributed by atoms with Crippen molar-refractivity contribution < 1.29 is 4.74 Å². The monoisotopic (exact) mass is 403 g/mol. The van der Waals surface area contributed by atoms with Gasteiger partial charge in [-0.2, -0.15) is 0 Å². The van der Waals surface area contributed by atoms with Gasteiger partial charge in [0.05, 0.1) is 13.2 Å². The number of hydrogen-bond donors (Lipinski definition) is 0. The molecule has 0 saturated carbocycles. The maximum Gasteiger partial charge on any atom is 0.0559 e. The number of para-hydroxylation sites is 1. The molecule has 0 spiro atoms. The van der Waals surface area contributed by atoms with E-state index in [0.29, 0.717) is 0 Å². The molecule has 0 aliphatic carbocycles. The van der Waals surface area contributed by atoms with Gasteiger partial charge in [-0.1, -0.05) is 85.8 Å². The summed E-state index contributed by atoms with van der Waals surface area (Å²) in [7, 11) is 0. The molecule has 0 radical (unpaired) electrons. The molecule has 2 nitrogen and oxygen atoms in total. The van der Waals surface area contributed by atoms with E-state index in [0.717, 1.165) is 19.8 Å². The average molecular weight is 404 g/mol. The molecule has 1 saturated heterocycles. The van der Waals surface area contributed by atoms with Crippen LogP contribution in [0.15, 0.2) is 97.1 Å². The normalized spacial score (nSPS) is 15.3. The summed E-state index contributed by atoms with van der Waals surface area (Å²) in [6.45, 7) is 4.99. The van der Waals surface area contributed by atoms with Gasteiger partial charge in [-0.15, -0.1) is 0 Å². The van der Waals surface area contributed by atoms with Crippen molar-refractivity contribution in [2.45, 2.75) is 13.5 Å². The Bertz CT molecular complexity index is 1380. The zero-order chi connectivity index (χ0) is 20.8. The highest BCUT2D eigenvalue weighted by Gasteiger charge is 2.34. The van der Waals surface area contributed by atoms with Gasteiger partial charge in [-0.05, 0) is 40.5 Å². The molecule has 2 heteroatoms. The lowest BCUT2D eigenvalue weighted by Crippen LogP contribution is -2.43. The molecular weight excluding hydrogens is 378 g/mol. The van der Waals surface area contributed by atoms with Crippen LogP contribution >= 0.6 is 0 Å². The minimum atomic E-state index is 0.223. The third-order valence-corrected chi connectivity index (χ3v) is 6.54. The van der Waals surface area contributed by atoms with Crippen molar-refractivity contribution in [1.29, 1.82) is 0 Å². The Balaban J connectivity index is 1.44. The molecule has 0 atom stereocenters. The highest BCUT2D eigenvalue weighted by molar-refractivity contribution is 6.09. The van der Waals surface area contributed by atoms with E-state index >= 15 is 0 Å². The van der Waals surface area contributed by atoms with E-state index in [4.69, 9.17) is 4.74 Å². The maximum absolute atomic E-state index is 5.52. The fourth-order valence-electron chi connectivity index (χ4n) is 4.81. The molecule has 1 fully saturated rings. The van der Waals surface area contributed by atoms with Crippen LogP contribution in [-0.2, 0) is 11.3 Å². The molecule has 5 aromatic rings. The smallest absolute Gasteiger partial charge is 0.0559 e. The molecule has 0 amide bonds. The Morgan fingerprint density at radius 2 is 1.23 bits per heavy atom. The van der Waals surface area contributed by atoms with Crippen molar-refractivity contribution in [2.24, 2.45) is 5.41 Å². The number of benzene rings is 4. The van der Waals surface area contributed by atoms with Crippen molar-refractivity contribution in [3.05, 3.63) is 97.1 Å². The van der Waals surface area contributed by atoms with Crippen LogP contribution in [0.4, 0.5) is 0 Å². The summed E-state index contributed by atoms with van der Waals surface area (Å²) < 4.78 is 8.00. The second-order valence-corrected chi connectivity index (χ2v) is 9.08. The molecular formula is C29H25NO. The number of aromatic nitrogens is 1. The first-order valence-electron chi connectivity index (χ1n) is 10.9. The lowest BCUT2D eigenvalue weighted by atomic mass is 9.88. The topological polar surface area (TPSA) is 14.2 Å². The quantitative estimate of drug-likeness (QED) is 0.310. The molecule has 31 heavy (non-hydrogen) atoms. The van der Waals surface area contributed by atoms with Crippen LogP contribution in [-0.4, -0.2) is 17.8 Å². The summed E-state index contributed by atoms with van der Waals surface area (Å²) in [5.41, 5.74) is 7.84. The summed E-state index contributed by atoms with van der Waals surface area (Å²) in [6, 6.07) is 35.1. The Morgan fingerprint density at radius 1 is 0.645 bits per heavy atom. The van der Waals surface area contributed by atoms with Crippen molar-refractivity contribution in [3.8, 4) is 22.3 Å². The Labute approximate surface area is 182 Å². The average Bonchev–Trinajstić information content (AvgIpc) is 3.12. The van der Waals surface area contributed by atoms with Crippen LogP contribution < -0.4 is 0 Å². The first-order chi connectivity index (χ1) is 15.2. The van der Waals surface area contributed by atoms with E-state index in [1.807, 2.05) is 0 Å². The molecule has 0 bridgehead atoms. The standard InChI is InChI=1S/C29H25NO/c1-29(19-31-20-29)18-30-27-10-6-5-9-25(27)26-17-24(15-16-28(26)30)23-13-11-22(12-14-23)21-7-3-2-4-8-21/h2-17H,18-20H2,1H3. The van der Waals surface area contributed by atoms with Crippen molar-refractivity contribution >= 4 is 21.8 Å². The first-order valence-corrected chi connectivity index (χ1v) is 10.9. The number of hydrogen-bond acceptors (Lipinski definition) is 1. The Kier molecular flexibility index (Phi) is 4.22. The third-order valence-electron chi connectivity index (χ3n) is 6.54. The minimum absolute atomic E-state index is 0.223. The van der Waals surface area contributed by atoms with Gasteiger partial charge in [0.2, 0.25) is 0 Å². The fourth-order valence-corrected chi connectivity index (χ4v) is 4.81. The van der Waals surface area contributed by atoms with Gasteiger partial charge < -0.3 is 9.30 Å². The van der Waals surface area contributed by atoms with Crippen molar-refractivity contribution in [3.63, 3.8) is 0 Å². The minimum Gasteiger partial charge on any atom is -0.380 e. The van der Waals surface area contributed by atoms with Gasteiger partial charge in [0.25, 0.3) is 0 Å². The molecule has 1 aliphatic rings. The van der Waals surface area contributed by atoms with Crippen LogP contribution in [0, 0.1) is 5.41 Å². The summed E-state index contributed by atoms with van der Waals surface area (Å²) in [6.07, 6.45) is 0. The third kappa shape index (κ3) is 3.15. The van der Waals surface area contributed by atoms with Gasteiger partial charge in [-0.25, -0.2) is 0 Å². The number of rotatable bonds is 4. The fraction of sp³-hybridized carbons (Fsp3) is 0.172. The summed E-state index contributed by atoms with van der Waals surface area (Å²) >= 11 is 0. The number of nitrogens with zero attached hydrogens (tertiary/aromatic N) is 1. The van der Waals surface area contributed by atoms with Crippen LogP contribution in [0.25, 0.3) is 44.1 Å². The van der Waals surface area contributed by atoms with Gasteiger partial charge in [-0.3, -0.25) is 0 Å². The molecule has 6 rings (SSSR count). The van der Waals surface area contributed by atoms with E-state index in [2.05, 4.69) is 109 Å². The van der Waals surface area contributed by atoms with E-state index in [1.165, 1.54) is 44.1 Å².